The second kappa shape index (κ2) is 5.61. The Hall–Kier alpha value is -1.56. The summed E-state index contributed by atoms with van der Waals surface area (Å²) < 4.78 is 7.24. The summed E-state index contributed by atoms with van der Waals surface area (Å²) in [5, 5.41) is 7.35. The quantitative estimate of drug-likeness (QED) is 0.867. The van der Waals surface area contributed by atoms with Crippen molar-refractivity contribution in [3.63, 3.8) is 0 Å². The zero-order chi connectivity index (χ0) is 13.1. The molecule has 0 bridgehead atoms. The van der Waals surface area contributed by atoms with E-state index in [1.54, 1.807) is 6.20 Å². The highest BCUT2D eigenvalue weighted by molar-refractivity contribution is 5.74. The zero-order valence-electron chi connectivity index (χ0n) is 11.0. The number of hydrogen-bond donors (Lipinski definition) is 1. The fourth-order valence-electron chi connectivity index (χ4n) is 2.75. The van der Waals surface area contributed by atoms with Crippen LogP contribution in [0, 0.1) is 0 Å². The molecule has 2 amide bonds. The number of carbonyl (C=O) groups is 1. The van der Waals surface area contributed by atoms with E-state index in [2.05, 4.69) is 10.4 Å². The molecule has 2 aliphatic rings. The lowest BCUT2D eigenvalue weighted by Crippen LogP contribution is -2.45. The molecule has 0 saturated carbocycles. The van der Waals surface area contributed by atoms with E-state index >= 15 is 0 Å². The molecule has 0 aromatic carbocycles. The molecule has 0 spiro atoms. The summed E-state index contributed by atoms with van der Waals surface area (Å²) in [7, 11) is 0. The van der Waals surface area contributed by atoms with Crippen LogP contribution in [0.4, 0.5) is 4.79 Å². The molecule has 6 nitrogen and oxygen atoms in total. The van der Waals surface area contributed by atoms with Crippen LogP contribution in [-0.4, -0.2) is 53.1 Å². The Labute approximate surface area is 112 Å². The fraction of sp³-hybridized carbons (Fsp3) is 0.692. The predicted molar refractivity (Wildman–Crippen MR) is 69.8 cm³/mol. The Kier molecular flexibility index (Phi) is 3.68. The fourth-order valence-corrected chi connectivity index (χ4v) is 2.75. The molecule has 19 heavy (non-hydrogen) atoms. The van der Waals surface area contributed by atoms with Gasteiger partial charge in [-0.3, -0.25) is 4.68 Å². The monoisotopic (exact) mass is 264 g/mol. The molecule has 0 aliphatic carbocycles. The van der Waals surface area contributed by atoms with Gasteiger partial charge in [-0.25, -0.2) is 4.79 Å². The number of amides is 2. The van der Waals surface area contributed by atoms with Crippen molar-refractivity contribution in [1.82, 2.24) is 20.0 Å². The Morgan fingerprint density at radius 3 is 2.89 bits per heavy atom. The van der Waals surface area contributed by atoms with Gasteiger partial charge in [-0.2, -0.15) is 5.10 Å². The maximum Gasteiger partial charge on any atom is 0.317 e. The summed E-state index contributed by atoms with van der Waals surface area (Å²) in [5.74, 6) is 0. The van der Waals surface area contributed by atoms with Gasteiger partial charge < -0.3 is 15.0 Å². The van der Waals surface area contributed by atoms with Crippen molar-refractivity contribution in [1.29, 1.82) is 0 Å². The van der Waals surface area contributed by atoms with Crippen LogP contribution in [0.1, 0.15) is 25.3 Å². The van der Waals surface area contributed by atoms with Gasteiger partial charge in [-0.1, -0.05) is 0 Å². The topological polar surface area (TPSA) is 59.4 Å². The van der Waals surface area contributed by atoms with Crippen LogP contribution in [0.25, 0.3) is 0 Å². The summed E-state index contributed by atoms with van der Waals surface area (Å²) >= 11 is 0. The van der Waals surface area contributed by atoms with Crippen LogP contribution < -0.4 is 5.32 Å². The first-order valence-electron chi connectivity index (χ1n) is 6.95. The summed E-state index contributed by atoms with van der Waals surface area (Å²) in [6, 6.07) is 2.56. The highest BCUT2D eigenvalue weighted by Crippen LogP contribution is 2.20. The number of urea groups is 1. The predicted octanol–water partition coefficient (Wildman–Crippen LogP) is 1.02. The summed E-state index contributed by atoms with van der Waals surface area (Å²) in [6.45, 7) is 3.05. The molecule has 2 aliphatic heterocycles. The van der Waals surface area contributed by atoms with Crippen LogP contribution in [0.2, 0.25) is 0 Å². The normalized spacial score (nSPS) is 24.6. The first-order chi connectivity index (χ1) is 9.33. The third kappa shape index (κ3) is 2.89. The van der Waals surface area contributed by atoms with Crippen molar-refractivity contribution in [3.05, 3.63) is 18.5 Å². The second-order valence-electron chi connectivity index (χ2n) is 5.21. The smallest absolute Gasteiger partial charge is 0.317 e. The molecule has 1 atom stereocenters. The van der Waals surface area contributed by atoms with E-state index in [0.717, 1.165) is 45.6 Å². The standard InChI is InChI=1S/C13H20N4O2/c18-13(15-11-3-8-19-9-4-11)16-7-2-12(10-16)17-6-1-5-14-17/h1,5-6,11-12H,2-4,7-10H2,(H,15,18). The third-order valence-electron chi connectivity index (χ3n) is 3.90. The highest BCUT2D eigenvalue weighted by Gasteiger charge is 2.28. The number of carbonyl (C=O) groups excluding carboxylic acids is 1. The molecule has 1 aromatic heterocycles. The summed E-state index contributed by atoms with van der Waals surface area (Å²) in [6.07, 6.45) is 6.56. The van der Waals surface area contributed by atoms with E-state index in [1.165, 1.54) is 0 Å². The van der Waals surface area contributed by atoms with Crippen LogP contribution in [0.15, 0.2) is 18.5 Å². The van der Waals surface area contributed by atoms with Crippen molar-refractivity contribution >= 4 is 6.03 Å². The molecule has 1 N–H and O–H groups in total. The first-order valence-corrected chi connectivity index (χ1v) is 6.95. The molecule has 3 heterocycles. The Morgan fingerprint density at radius 2 is 2.16 bits per heavy atom. The number of nitrogens with one attached hydrogen (secondary N) is 1. The van der Waals surface area contributed by atoms with Gasteiger partial charge in [0.15, 0.2) is 0 Å². The van der Waals surface area contributed by atoms with Crippen molar-refractivity contribution in [3.8, 4) is 0 Å². The maximum absolute atomic E-state index is 12.2. The van der Waals surface area contributed by atoms with E-state index < -0.39 is 0 Å². The Bertz CT molecular complexity index is 414. The number of ether oxygens (including phenoxy) is 1. The van der Waals surface area contributed by atoms with Gasteiger partial charge in [0.1, 0.15) is 0 Å². The summed E-state index contributed by atoms with van der Waals surface area (Å²) in [5.41, 5.74) is 0. The van der Waals surface area contributed by atoms with Crippen molar-refractivity contribution < 1.29 is 9.53 Å². The van der Waals surface area contributed by atoms with E-state index in [-0.39, 0.29) is 12.1 Å². The molecule has 104 valence electrons. The van der Waals surface area contributed by atoms with Crippen LogP contribution in [-0.2, 0) is 4.74 Å². The Balaban J connectivity index is 1.51. The number of hydrogen-bond acceptors (Lipinski definition) is 3. The van der Waals surface area contributed by atoms with Gasteiger partial charge in [-0.05, 0) is 25.3 Å². The number of nitrogens with zero attached hydrogens (tertiary/aromatic N) is 3. The van der Waals surface area contributed by atoms with Crippen molar-refractivity contribution in [2.45, 2.75) is 31.3 Å². The average Bonchev–Trinajstić information content (AvgIpc) is 3.11. The first kappa shape index (κ1) is 12.5. The van der Waals surface area contributed by atoms with Crippen LogP contribution >= 0.6 is 0 Å². The number of aromatic nitrogens is 2. The number of likely N-dealkylation sites (tertiary alicyclic amines) is 1. The molecule has 1 aromatic rings. The van der Waals surface area contributed by atoms with E-state index in [1.807, 2.05) is 21.8 Å². The zero-order valence-corrected chi connectivity index (χ0v) is 11.0. The minimum Gasteiger partial charge on any atom is -0.381 e. The van der Waals surface area contributed by atoms with Crippen LogP contribution in [0.5, 0.6) is 0 Å². The molecular weight excluding hydrogens is 244 g/mol. The summed E-state index contributed by atoms with van der Waals surface area (Å²) in [4.78, 5) is 14.1. The molecule has 2 fully saturated rings. The highest BCUT2D eigenvalue weighted by atomic mass is 16.5. The van der Waals surface area contributed by atoms with Gasteiger partial charge in [0.25, 0.3) is 0 Å². The lowest BCUT2D eigenvalue weighted by molar-refractivity contribution is 0.0784. The van der Waals surface area contributed by atoms with E-state index in [9.17, 15) is 4.79 Å². The lowest BCUT2D eigenvalue weighted by Gasteiger charge is -2.26. The van der Waals surface area contributed by atoms with Gasteiger partial charge in [0, 0.05) is 44.7 Å². The third-order valence-corrected chi connectivity index (χ3v) is 3.90. The molecular formula is C13H20N4O2. The maximum atomic E-state index is 12.2. The SMILES string of the molecule is O=C(NC1CCOCC1)N1CCC(n2cccn2)C1. The van der Waals surface area contributed by atoms with Crippen molar-refractivity contribution in [2.75, 3.05) is 26.3 Å². The second-order valence-corrected chi connectivity index (χ2v) is 5.21. The van der Waals surface area contributed by atoms with Crippen molar-refractivity contribution in [2.24, 2.45) is 0 Å². The minimum atomic E-state index is 0.0570. The van der Waals surface area contributed by atoms with Gasteiger partial charge in [0.05, 0.1) is 6.04 Å². The average molecular weight is 264 g/mol. The van der Waals surface area contributed by atoms with Gasteiger partial charge >= 0.3 is 6.03 Å². The van der Waals surface area contributed by atoms with Gasteiger partial charge in [-0.15, -0.1) is 0 Å². The molecule has 2 saturated heterocycles. The molecule has 1 unspecified atom stereocenters. The Morgan fingerprint density at radius 1 is 1.32 bits per heavy atom. The molecule has 3 rings (SSSR count). The van der Waals surface area contributed by atoms with Gasteiger partial charge in [0.2, 0.25) is 0 Å². The van der Waals surface area contributed by atoms with E-state index in [0.29, 0.717) is 6.04 Å². The lowest BCUT2D eigenvalue weighted by atomic mass is 10.1. The van der Waals surface area contributed by atoms with Crippen LogP contribution in [0.3, 0.4) is 0 Å². The van der Waals surface area contributed by atoms with E-state index in [4.69, 9.17) is 4.74 Å². The molecule has 0 radical (unpaired) electrons. The minimum absolute atomic E-state index is 0.0570. The largest absolute Gasteiger partial charge is 0.381 e. The number of rotatable bonds is 2. The molecule has 6 heteroatoms.